The van der Waals surface area contributed by atoms with Crippen LogP contribution in [0.3, 0.4) is 0 Å². The number of hydrogen-bond donors (Lipinski definition) is 0. The zero-order valence-corrected chi connectivity index (χ0v) is 10.7. The Morgan fingerprint density at radius 3 is 2.72 bits per heavy atom. The van der Waals surface area contributed by atoms with E-state index in [1.165, 1.54) is 0 Å². The summed E-state index contributed by atoms with van der Waals surface area (Å²) in [6.45, 7) is 0.679. The molecule has 0 aliphatic rings. The highest BCUT2D eigenvalue weighted by molar-refractivity contribution is 5.93. The molecule has 0 fully saturated rings. The van der Waals surface area contributed by atoms with E-state index in [1.54, 1.807) is 18.6 Å². The predicted molar refractivity (Wildman–Crippen MR) is 74.6 cm³/mol. The number of rotatable bonds is 5. The normalized spacial score (nSPS) is 10.2. The summed E-state index contributed by atoms with van der Waals surface area (Å²) >= 11 is 0. The molecule has 0 saturated heterocycles. The molecule has 0 atom stereocenters. The first-order chi connectivity index (χ1) is 8.34. The van der Waals surface area contributed by atoms with Crippen LogP contribution in [0, 0.1) is 0 Å². The Kier molecular flexibility index (Phi) is 5.88. The van der Waals surface area contributed by atoms with E-state index in [2.05, 4.69) is 4.98 Å². The highest BCUT2D eigenvalue weighted by Gasteiger charge is 1.97. The average molecular weight is 263 g/mol. The number of carbonyl (C=O) groups excluding carboxylic acids is 1. The number of hydrogen-bond acceptors (Lipinski definition) is 2. The quantitative estimate of drug-likeness (QED) is 0.777. The maximum Gasteiger partial charge on any atom is 0.157 e. The van der Waals surface area contributed by atoms with Gasteiger partial charge in [0.2, 0.25) is 0 Å². The molecule has 0 spiro atoms. The van der Waals surface area contributed by atoms with Gasteiger partial charge in [0, 0.05) is 25.4 Å². The third-order valence-corrected chi connectivity index (χ3v) is 2.44. The zero-order valence-electron chi connectivity index (χ0n) is 9.90. The molecule has 0 aliphatic carbocycles. The van der Waals surface area contributed by atoms with E-state index in [9.17, 15) is 4.79 Å². The Hall–Kier alpha value is -1.87. The SMILES string of the molecule is Cl.O=C(C=Cc1ccccc1)CCn1ccnc1. The molecular weight excluding hydrogens is 248 g/mol. The van der Waals surface area contributed by atoms with E-state index in [-0.39, 0.29) is 18.2 Å². The van der Waals surface area contributed by atoms with E-state index in [1.807, 2.05) is 47.2 Å². The van der Waals surface area contributed by atoms with Crippen molar-refractivity contribution in [2.24, 2.45) is 0 Å². The first kappa shape index (κ1) is 14.2. The molecule has 1 aromatic carbocycles. The van der Waals surface area contributed by atoms with Gasteiger partial charge >= 0.3 is 0 Å². The van der Waals surface area contributed by atoms with E-state index in [0.29, 0.717) is 13.0 Å². The molecule has 0 bridgehead atoms. The summed E-state index contributed by atoms with van der Waals surface area (Å²) in [6, 6.07) is 9.81. The Morgan fingerprint density at radius 2 is 2.06 bits per heavy atom. The minimum absolute atomic E-state index is 0. The second-order valence-electron chi connectivity index (χ2n) is 3.76. The van der Waals surface area contributed by atoms with Crippen molar-refractivity contribution in [1.29, 1.82) is 0 Å². The van der Waals surface area contributed by atoms with Crippen LogP contribution < -0.4 is 0 Å². The molecule has 2 rings (SSSR count). The second kappa shape index (κ2) is 7.45. The number of halogens is 1. The summed E-state index contributed by atoms with van der Waals surface area (Å²) in [7, 11) is 0. The largest absolute Gasteiger partial charge is 0.337 e. The van der Waals surface area contributed by atoms with Crippen LogP contribution in [0.2, 0.25) is 0 Å². The van der Waals surface area contributed by atoms with Crippen molar-refractivity contribution in [1.82, 2.24) is 9.55 Å². The van der Waals surface area contributed by atoms with Crippen molar-refractivity contribution >= 4 is 24.3 Å². The molecule has 1 heterocycles. The molecule has 2 aromatic rings. The Morgan fingerprint density at radius 1 is 1.28 bits per heavy atom. The van der Waals surface area contributed by atoms with E-state index < -0.39 is 0 Å². The van der Waals surface area contributed by atoms with Gasteiger partial charge in [0.15, 0.2) is 5.78 Å². The predicted octanol–water partition coefficient (Wildman–Crippen LogP) is 2.98. The summed E-state index contributed by atoms with van der Waals surface area (Å²) in [6.07, 6.45) is 9.26. The fourth-order valence-electron chi connectivity index (χ4n) is 1.49. The maximum absolute atomic E-state index is 11.6. The van der Waals surface area contributed by atoms with Crippen LogP contribution in [0.1, 0.15) is 12.0 Å². The van der Waals surface area contributed by atoms with Crippen LogP contribution in [0.5, 0.6) is 0 Å². The monoisotopic (exact) mass is 262 g/mol. The summed E-state index contributed by atoms with van der Waals surface area (Å²) in [5.41, 5.74) is 1.04. The number of nitrogens with zero attached hydrogens (tertiary/aromatic N) is 2. The third kappa shape index (κ3) is 4.55. The van der Waals surface area contributed by atoms with Crippen LogP contribution in [0.4, 0.5) is 0 Å². The zero-order chi connectivity index (χ0) is 11.9. The number of aromatic nitrogens is 2. The lowest BCUT2D eigenvalue weighted by Crippen LogP contribution is -2.01. The highest BCUT2D eigenvalue weighted by Crippen LogP contribution is 2.02. The molecule has 4 heteroatoms. The number of benzene rings is 1. The van der Waals surface area contributed by atoms with Gasteiger partial charge in [-0.1, -0.05) is 36.4 Å². The van der Waals surface area contributed by atoms with Crippen molar-refractivity contribution in [3.8, 4) is 0 Å². The van der Waals surface area contributed by atoms with Crippen LogP contribution >= 0.6 is 12.4 Å². The smallest absolute Gasteiger partial charge is 0.157 e. The molecule has 0 unspecified atom stereocenters. The molecule has 0 saturated carbocycles. The molecule has 94 valence electrons. The molecule has 0 amide bonds. The minimum Gasteiger partial charge on any atom is -0.337 e. The molecule has 0 aliphatic heterocycles. The average Bonchev–Trinajstić information content (AvgIpc) is 2.88. The maximum atomic E-state index is 11.6. The second-order valence-corrected chi connectivity index (χ2v) is 3.76. The number of ketones is 1. The first-order valence-electron chi connectivity index (χ1n) is 5.56. The van der Waals surface area contributed by atoms with Crippen molar-refractivity contribution < 1.29 is 4.79 Å². The van der Waals surface area contributed by atoms with Gasteiger partial charge < -0.3 is 4.57 Å². The summed E-state index contributed by atoms with van der Waals surface area (Å²) in [5, 5.41) is 0. The molecule has 18 heavy (non-hydrogen) atoms. The molecule has 3 nitrogen and oxygen atoms in total. The van der Waals surface area contributed by atoms with Crippen molar-refractivity contribution in [3.63, 3.8) is 0 Å². The summed E-state index contributed by atoms with van der Waals surface area (Å²) in [4.78, 5) is 15.5. The Bertz CT molecular complexity index is 492. The fraction of sp³-hybridized carbons (Fsp3) is 0.143. The van der Waals surface area contributed by atoms with Gasteiger partial charge in [-0.3, -0.25) is 4.79 Å². The Balaban J connectivity index is 0.00000162. The van der Waals surface area contributed by atoms with E-state index in [0.717, 1.165) is 5.56 Å². The third-order valence-electron chi connectivity index (χ3n) is 2.44. The highest BCUT2D eigenvalue weighted by atomic mass is 35.5. The van der Waals surface area contributed by atoms with Crippen molar-refractivity contribution in [2.45, 2.75) is 13.0 Å². The molecule has 0 N–H and O–H groups in total. The van der Waals surface area contributed by atoms with Crippen LogP contribution in [0.15, 0.2) is 55.1 Å². The molecule has 1 aromatic heterocycles. The van der Waals surface area contributed by atoms with Crippen LogP contribution in [0.25, 0.3) is 6.08 Å². The van der Waals surface area contributed by atoms with Crippen LogP contribution in [-0.4, -0.2) is 15.3 Å². The topological polar surface area (TPSA) is 34.9 Å². The summed E-state index contributed by atoms with van der Waals surface area (Å²) < 4.78 is 1.90. The van der Waals surface area contributed by atoms with Gasteiger partial charge in [0.25, 0.3) is 0 Å². The minimum atomic E-state index is 0. The lowest BCUT2D eigenvalue weighted by molar-refractivity contribution is -0.114. The summed E-state index contributed by atoms with van der Waals surface area (Å²) in [5.74, 6) is 0.127. The van der Waals surface area contributed by atoms with Crippen molar-refractivity contribution in [3.05, 3.63) is 60.7 Å². The van der Waals surface area contributed by atoms with Crippen molar-refractivity contribution in [2.75, 3.05) is 0 Å². The molecular formula is C14H15ClN2O. The lowest BCUT2D eigenvalue weighted by Gasteiger charge is -1.98. The van der Waals surface area contributed by atoms with Crippen LogP contribution in [-0.2, 0) is 11.3 Å². The van der Waals surface area contributed by atoms with Gasteiger partial charge in [-0.05, 0) is 11.6 Å². The van der Waals surface area contributed by atoms with E-state index in [4.69, 9.17) is 0 Å². The van der Waals surface area contributed by atoms with Gasteiger partial charge in [-0.2, -0.15) is 0 Å². The number of imidazole rings is 1. The number of aryl methyl sites for hydroxylation is 1. The standard InChI is InChI=1S/C14H14N2O.ClH/c17-14(8-10-16-11-9-15-12-16)7-6-13-4-2-1-3-5-13;/h1-7,9,11-12H,8,10H2;1H. The fourth-order valence-corrected chi connectivity index (χ4v) is 1.49. The number of carbonyl (C=O) groups is 1. The first-order valence-corrected chi connectivity index (χ1v) is 5.56. The van der Waals surface area contributed by atoms with Gasteiger partial charge in [0.1, 0.15) is 0 Å². The van der Waals surface area contributed by atoms with E-state index >= 15 is 0 Å². The van der Waals surface area contributed by atoms with Gasteiger partial charge in [0.05, 0.1) is 6.33 Å². The number of allylic oxidation sites excluding steroid dienone is 1. The Labute approximate surface area is 113 Å². The molecule has 0 radical (unpaired) electrons. The van der Waals surface area contributed by atoms with Gasteiger partial charge in [-0.15, -0.1) is 12.4 Å². The van der Waals surface area contributed by atoms with Gasteiger partial charge in [-0.25, -0.2) is 4.98 Å². The lowest BCUT2D eigenvalue weighted by atomic mass is 10.2.